The number of carboxylic acid groups (broad SMARTS) is 1. The molecule has 0 saturated heterocycles. The summed E-state index contributed by atoms with van der Waals surface area (Å²) in [6.45, 7) is 10.3. The van der Waals surface area contributed by atoms with Crippen molar-refractivity contribution in [1.82, 2.24) is 48.2 Å². The standard InChI is InChI=1S/C22H24ClFN6O4.C22H22ClFN4O5.C19H18ClFN4O3/c1-13(2)34-18-8-7-16(11-17(18)24)26-20-27-21(32)29(10-9-19(31)28-25)22(33)30(20)12-14-3-5-15(23)6-4-14;1-13(2)33-18-8-7-16(11-17(18)24)25-20-26-21(31)27(10-9-19(29)30)22(32)28(20)12-14-3-5-15(23)6-4-14;1-11(2)28-16-8-7-14(9-15(16)21)22-17-23-18(26)24-19(27)25(17)10-12-3-5-13(20)6-4-12/h3-8,11,13H,9-10,12,25H2,1-2H3,(H,28,31)(H,26,27,32);3-8,11,13H,9-10,12H2,1-2H3,(H,29,30)(H,25,26,31);3-9,11H,10H2,1-2H3,(H2,22,23,24,26,27). The number of hydrazine groups is 1. The first-order chi connectivity index (χ1) is 45.1. The lowest BCUT2D eigenvalue weighted by atomic mass is 10.2. The second kappa shape index (κ2) is 33.4. The Hall–Kier alpha value is -10.5. The summed E-state index contributed by atoms with van der Waals surface area (Å²) in [5.41, 5.74) is 0.213. The van der Waals surface area contributed by atoms with Gasteiger partial charge >= 0.3 is 40.1 Å². The van der Waals surface area contributed by atoms with E-state index in [4.69, 9.17) is 60.0 Å². The number of nitrogens with zero attached hydrogens (tertiary/aromatic N) is 8. The van der Waals surface area contributed by atoms with E-state index >= 15 is 0 Å². The summed E-state index contributed by atoms with van der Waals surface area (Å²) in [4.78, 5) is 111. The van der Waals surface area contributed by atoms with Gasteiger partial charge in [0.2, 0.25) is 23.8 Å². The number of benzene rings is 6. The molecule has 0 aliphatic heterocycles. The van der Waals surface area contributed by atoms with Gasteiger partial charge in [-0.25, -0.2) is 56.9 Å². The van der Waals surface area contributed by atoms with Crippen LogP contribution in [0.4, 0.5) is 48.1 Å². The van der Waals surface area contributed by atoms with Gasteiger partial charge in [-0.1, -0.05) is 71.2 Å². The van der Waals surface area contributed by atoms with Gasteiger partial charge in [-0.3, -0.25) is 33.7 Å². The van der Waals surface area contributed by atoms with E-state index in [1.807, 2.05) is 5.43 Å². The van der Waals surface area contributed by atoms with Crippen LogP contribution in [0.3, 0.4) is 0 Å². The Morgan fingerprint density at radius 1 is 0.495 bits per heavy atom. The average molecular weight is 1370 g/mol. The Bertz CT molecular complexity index is 4570. The molecule has 32 heteroatoms. The van der Waals surface area contributed by atoms with E-state index in [-0.39, 0.29) is 104 Å². The third-order valence-corrected chi connectivity index (χ3v) is 13.7. The van der Waals surface area contributed by atoms with Crippen LogP contribution >= 0.6 is 34.8 Å². The van der Waals surface area contributed by atoms with Crippen LogP contribution in [0.2, 0.25) is 15.1 Å². The maximum absolute atomic E-state index is 14.5. The van der Waals surface area contributed by atoms with Gasteiger partial charge in [0, 0.05) is 69.8 Å². The van der Waals surface area contributed by atoms with Crippen LogP contribution < -0.4 is 75.6 Å². The number of aliphatic carboxylic acids is 1. The van der Waals surface area contributed by atoms with Crippen LogP contribution in [0.1, 0.15) is 71.1 Å². The molecule has 0 aliphatic carbocycles. The number of carboxylic acids is 1. The predicted octanol–water partition coefficient (Wildman–Crippen LogP) is 8.71. The molecule has 0 fully saturated rings. The van der Waals surface area contributed by atoms with Crippen LogP contribution in [0.15, 0.2) is 156 Å². The van der Waals surface area contributed by atoms with Crippen molar-refractivity contribution < 1.29 is 42.1 Å². The molecule has 26 nitrogen and oxygen atoms in total. The highest BCUT2D eigenvalue weighted by Crippen LogP contribution is 2.27. The molecule has 9 rings (SSSR count). The SMILES string of the molecule is CC(C)Oc1ccc(Nc2nc(=O)[nH]c(=O)n2Cc2ccc(Cl)cc2)cc1F.CC(C)Oc1ccc(Nc2nc(=O)n(CCC(=O)NN)c(=O)n2Cc2ccc(Cl)cc2)cc1F.CC(C)Oc1ccc(Nc2nc(=O)n(CCC(=O)O)c(=O)n2Cc2ccc(Cl)cc2)cc1F. The summed E-state index contributed by atoms with van der Waals surface area (Å²) in [6.07, 6.45) is -1.22. The zero-order valence-corrected chi connectivity index (χ0v) is 53.9. The highest BCUT2D eigenvalue weighted by molar-refractivity contribution is 6.31. The van der Waals surface area contributed by atoms with Crippen LogP contribution in [0.25, 0.3) is 0 Å². The van der Waals surface area contributed by atoms with Gasteiger partial charge in [0.15, 0.2) is 34.7 Å². The van der Waals surface area contributed by atoms with Gasteiger partial charge in [-0.15, -0.1) is 0 Å². The smallest absolute Gasteiger partial charge is 0.354 e. The Kier molecular flexibility index (Phi) is 25.3. The lowest BCUT2D eigenvalue weighted by Gasteiger charge is -2.16. The molecule has 9 aromatic rings. The van der Waals surface area contributed by atoms with Crippen molar-refractivity contribution in [3.63, 3.8) is 0 Å². The van der Waals surface area contributed by atoms with E-state index in [0.717, 1.165) is 20.8 Å². The predicted molar refractivity (Wildman–Crippen MR) is 352 cm³/mol. The van der Waals surface area contributed by atoms with Gasteiger partial charge in [0.05, 0.1) is 44.4 Å². The van der Waals surface area contributed by atoms with Crippen LogP contribution in [0, 0.1) is 17.5 Å². The number of halogens is 6. The molecule has 0 radical (unpaired) electrons. The second-order valence-corrected chi connectivity index (χ2v) is 22.7. The number of nitrogens with two attached hydrogens (primary N) is 1. The molecule has 6 aromatic carbocycles. The molecule has 1 amide bonds. The summed E-state index contributed by atoms with van der Waals surface area (Å²) in [5.74, 6) is 1.55. The van der Waals surface area contributed by atoms with Crippen molar-refractivity contribution in [2.75, 3.05) is 16.0 Å². The zero-order valence-electron chi connectivity index (χ0n) is 51.7. The van der Waals surface area contributed by atoms with Crippen LogP contribution in [-0.2, 0) is 42.3 Å². The molecular weight excluding hydrogens is 1310 g/mol. The van der Waals surface area contributed by atoms with Crippen molar-refractivity contribution in [3.8, 4) is 17.2 Å². The fraction of sp³-hybridized carbons (Fsp3) is 0.254. The first-order valence-electron chi connectivity index (χ1n) is 28.9. The zero-order chi connectivity index (χ0) is 69.2. The summed E-state index contributed by atoms with van der Waals surface area (Å²) >= 11 is 17.7. The maximum atomic E-state index is 14.5. The minimum atomic E-state index is -1.16. The Morgan fingerprint density at radius 2 is 0.821 bits per heavy atom. The number of aromatic amines is 1. The first kappa shape index (κ1) is 71.9. The molecule has 3 heterocycles. The molecule has 0 aliphatic rings. The van der Waals surface area contributed by atoms with Gasteiger partial charge in [0.25, 0.3) is 0 Å². The van der Waals surface area contributed by atoms with Gasteiger partial charge in [0.1, 0.15) is 0 Å². The number of aromatic nitrogens is 9. The highest BCUT2D eigenvalue weighted by atomic mass is 35.5. The molecular formula is C63H64Cl3F3N14O12. The number of amides is 1. The van der Waals surface area contributed by atoms with Crippen molar-refractivity contribution >= 4 is 81.6 Å². The molecule has 8 N–H and O–H groups in total. The van der Waals surface area contributed by atoms with Gasteiger partial charge in [-0.05, 0) is 131 Å². The van der Waals surface area contributed by atoms with Gasteiger partial charge < -0.3 is 35.3 Å². The molecule has 500 valence electrons. The van der Waals surface area contributed by atoms with E-state index in [2.05, 4.69) is 35.9 Å². The lowest BCUT2D eigenvalue weighted by Crippen LogP contribution is -2.43. The normalized spacial score (nSPS) is 10.9. The molecule has 95 heavy (non-hydrogen) atoms. The minimum Gasteiger partial charge on any atom is -0.488 e. The fourth-order valence-electron chi connectivity index (χ4n) is 8.58. The van der Waals surface area contributed by atoms with E-state index < -0.39 is 69.9 Å². The number of carbonyl (C=O) groups excluding carboxylic acids is 1. The van der Waals surface area contributed by atoms with Crippen molar-refractivity contribution in [2.45, 2.75) is 105 Å². The average Bonchev–Trinajstić information content (AvgIpc) is 0.808. The number of H-pyrrole nitrogens is 1. The fourth-order valence-corrected chi connectivity index (χ4v) is 8.96. The third-order valence-electron chi connectivity index (χ3n) is 12.9. The largest absolute Gasteiger partial charge is 0.488 e. The molecule has 0 bridgehead atoms. The number of hydrogen-bond acceptors (Lipinski definition) is 18. The van der Waals surface area contributed by atoms with Crippen molar-refractivity contribution in [1.29, 1.82) is 0 Å². The van der Waals surface area contributed by atoms with E-state index in [1.165, 1.54) is 56.2 Å². The summed E-state index contributed by atoms with van der Waals surface area (Å²) in [5, 5.41) is 19.0. The van der Waals surface area contributed by atoms with E-state index in [9.17, 15) is 51.5 Å². The van der Waals surface area contributed by atoms with Crippen LogP contribution in [-0.4, -0.2) is 78.1 Å². The maximum Gasteiger partial charge on any atom is 0.354 e. The van der Waals surface area contributed by atoms with Crippen molar-refractivity contribution in [2.24, 2.45) is 5.84 Å². The highest BCUT2D eigenvalue weighted by Gasteiger charge is 2.20. The lowest BCUT2D eigenvalue weighted by molar-refractivity contribution is -0.137. The molecule has 0 unspecified atom stereocenters. The summed E-state index contributed by atoms with van der Waals surface area (Å²) in [6, 6.07) is 32.8. The Morgan fingerprint density at radius 3 is 1.14 bits per heavy atom. The number of rotatable bonds is 24. The number of anilines is 6. The topological polar surface area (TPSA) is 338 Å². The first-order valence-corrected chi connectivity index (χ1v) is 30.1. The number of ether oxygens (including phenoxy) is 3. The minimum absolute atomic E-state index is 0.00964. The Labute approximate surface area is 553 Å². The number of hydrogen-bond donors (Lipinski definition) is 7. The molecule has 3 aromatic heterocycles. The van der Waals surface area contributed by atoms with E-state index in [1.54, 1.807) is 120 Å². The van der Waals surface area contributed by atoms with Gasteiger partial charge in [-0.2, -0.15) is 15.0 Å². The van der Waals surface area contributed by atoms with Crippen LogP contribution in [0.5, 0.6) is 17.2 Å². The monoisotopic (exact) mass is 1370 g/mol. The summed E-state index contributed by atoms with van der Waals surface area (Å²) < 4.78 is 64.4. The molecule has 0 saturated carbocycles. The quantitative estimate of drug-likeness (QED) is 0.0169. The number of nitrogens with one attached hydrogen (secondary N) is 5. The Balaban J connectivity index is 0.000000202. The summed E-state index contributed by atoms with van der Waals surface area (Å²) in [7, 11) is 0. The van der Waals surface area contributed by atoms with Crippen molar-refractivity contribution in [3.05, 3.63) is 240 Å². The molecule has 0 spiro atoms. The number of carbonyl (C=O) groups is 2. The third kappa shape index (κ3) is 21.0. The second-order valence-electron chi connectivity index (χ2n) is 21.4. The van der Waals surface area contributed by atoms with E-state index in [0.29, 0.717) is 31.9 Å². The molecule has 0 atom stereocenters.